The van der Waals surface area contributed by atoms with Gasteiger partial charge in [0.15, 0.2) is 0 Å². The van der Waals surface area contributed by atoms with E-state index in [4.69, 9.17) is 4.28 Å². The highest BCUT2D eigenvalue weighted by Crippen LogP contribution is 2.54. The van der Waals surface area contributed by atoms with Crippen LogP contribution in [0.3, 0.4) is 0 Å². The summed E-state index contributed by atoms with van der Waals surface area (Å²) < 4.78 is 30.3. The van der Waals surface area contributed by atoms with Crippen LogP contribution in [0.5, 0.6) is 0 Å². The van der Waals surface area contributed by atoms with Crippen molar-refractivity contribution >= 4 is 21.9 Å². The van der Waals surface area contributed by atoms with Crippen molar-refractivity contribution in [3.63, 3.8) is 0 Å². The van der Waals surface area contributed by atoms with Gasteiger partial charge in [-0.3, -0.25) is 9.59 Å². The lowest BCUT2D eigenvalue weighted by Crippen LogP contribution is -2.37. The Bertz CT molecular complexity index is 715. The van der Waals surface area contributed by atoms with E-state index in [9.17, 15) is 18.0 Å². The highest BCUT2D eigenvalue weighted by molar-refractivity contribution is 7.87. The Morgan fingerprint density at radius 3 is 1.82 bits per heavy atom. The molecule has 0 atom stereocenters. The van der Waals surface area contributed by atoms with E-state index >= 15 is 0 Å². The summed E-state index contributed by atoms with van der Waals surface area (Å²) in [6, 6.07) is 0. The maximum atomic E-state index is 12.7. The molecule has 22 heavy (non-hydrogen) atoms. The second kappa shape index (κ2) is 4.52. The van der Waals surface area contributed by atoms with Crippen molar-refractivity contribution in [2.75, 3.05) is 0 Å². The van der Waals surface area contributed by atoms with Crippen LogP contribution in [0.25, 0.3) is 0 Å². The van der Waals surface area contributed by atoms with Gasteiger partial charge in [-0.05, 0) is 42.7 Å². The zero-order chi connectivity index (χ0) is 15.6. The zero-order valence-electron chi connectivity index (χ0n) is 12.3. The van der Waals surface area contributed by atoms with Crippen molar-refractivity contribution in [1.82, 2.24) is 5.06 Å². The summed E-state index contributed by atoms with van der Waals surface area (Å²) >= 11 is 0. The lowest BCUT2D eigenvalue weighted by atomic mass is 9.89. The van der Waals surface area contributed by atoms with E-state index in [1.54, 1.807) is 0 Å². The van der Waals surface area contributed by atoms with E-state index in [0.29, 0.717) is 11.0 Å². The molecular weight excluding hydrogens is 306 g/mol. The van der Waals surface area contributed by atoms with E-state index in [1.165, 1.54) is 11.1 Å². The summed E-state index contributed by atoms with van der Waals surface area (Å²) in [5.74, 6) is -0.819. The van der Waals surface area contributed by atoms with Gasteiger partial charge in [-0.15, -0.1) is 9.35 Å². The summed E-state index contributed by atoms with van der Waals surface area (Å²) in [6.07, 6.45) is 3.35. The molecule has 0 radical (unpaired) electrons. The smallest absolute Gasteiger partial charge is 0.272 e. The van der Waals surface area contributed by atoms with Crippen molar-refractivity contribution in [3.8, 4) is 0 Å². The van der Waals surface area contributed by atoms with Crippen LogP contribution in [0.4, 0.5) is 0 Å². The molecule has 0 spiro atoms. The number of allylic oxidation sites excluding steroid dienone is 2. The Kier molecular flexibility index (Phi) is 2.90. The fraction of sp³-hybridized carbons (Fsp3) is 0.600. The monoisotopic (exact) mass is 323 g/mol. The van der Waals surface area contributed by atoms with Crippen molar-refractivity contribution in [1.29, 1.82) is 0 Å². The lowest BCUT2D eigenvalue weighted by Gasteiger charge is -2.26. The molecule has 1 saturated heterocycles. The number of fused-ring (bicyclic) bond motifs is 4. The summed E-state index contributed by atoms with van der Waals surface area (Å²) in [5, 5.41) is -0.345. The Morgan fingerprint density at radius 1 is 0.864 bits per heavy atom. The third kappa shape index (κ3) is 1.78. The quantitative estimate of drug-likeness (QED) is 0.582. The molecule has 1 aliphatic heterocycles. The first-order valence-corrected chi connectivity index (χ1v) is 9.10. The van der Waals surface area contributed by atoms with Gasteiger partial charge in [0.1, 0.15) is 5.25 Å². The van der Waals surface area contributed by atoms with Gasteiger partial charge in [0.25, 0.3) is 21.9 Å². The molecule has 0 aromatic heterocycles. The van der Waals surface area contributed by atoms with Crippen LogP contribution in [-0.4, -0.2) is 30.5 Å². The van der Waals surface area contributed by atoms with Gasteiger partial charge in [-0.2, -0.15) is 8.42 Å². The first-order valence-electron chi connectivity index (χ1n) is 7.63. The van der Waals surface area contributed by atoms with E-state index < -0.39 is 27.2 Å². The Labute approximate surface area is 128 Å². The average molecular weight is 323 g/mol. The van der Waals surface area contributed by atoms with Crippen LogP contribution < -0.4 is 0 Å². The molecule has 2 saturated carbocycles. The summed E-state index contributed by atoms with van der Waals surface area (Å²) in [5.41, 5.74) is 4.30. The highest BCUT2D eigenvalue weighted by Gasteiger charge is 2.49. The van der Waals surface area contributed by atoms with Gasteiger partial charge < -0.3 is 0 Å². The minimum absolute atomic E-state index is 0.0119. The molecule has 0 unspecified atom stereocenters. The Balaban J connectivity index is 1.71. The van der Waals surface area contributed by atoms with Gasteiger partial charge in [-0.1, -0.05) is 18.1 Å². The maximum Gasteiger partial charge on any atom is 0.299 e. The highest BCUT2D eigenvalue weighted by atomic mass is 32.2. The van der Waals surface area contributed by atoms with Crippen molar-refractivity contribution < 1.29 is 22.3 Å². The van der Waals surface area contributed by atoms with Crippen LogP contribution >= 0.6 is 0 Å². The topological polar surface area (TPSA) is 80.8 Å². The number of hydrogen-bond acceptors (Lipinski definition) is 5. The summed E-state index contributed by atoms with van der Waals surface area (Å²) in [6.45, 7) is 2.13. The van der Waals surface area contributed by atoms with Crippen LogP contribution in [0.2, 0.25) is 0 Å². The minimum atomic E-state index is -4.05. The third-order valence-corrected chi connectivity index (χ3v) is 6.81. The van der Waals surface area contributed by atoms with E-state index in [0.717, 1.165) is 36.8 Å². The molecule has 0 aromatic carbocycles. The van der Waals surface area contributed by atoms with Crippen molar-refractivity contribution in [3.05, 3.63) is 22.3 Å². The molecule has 4 bridgehead atoms. The van der Waals surface area contributed by atoms with Gasteiger partial charge >= 0.3 is 0 Å². The van der Waals surface area contributed by atoms with Gasteiger partial charge in [0.2, 0.25) is 0 Å². The average Bonchev–Trinajstić information content (AvgIpc) is 3.04. The van der Waals surface area contributed by atoms with Gasteiger partial charge in [0.05, 0.1) is 0 Å². The first kappa shape index (κ1) is 14.1. The number of amides is 2. The minimum Gasteiger partial charge on any atom is -0.272 e. The molecule has 0 N–H and O–H groups in total. The number of nitrogens with zero attached hydrogens (tertiary/aromatic N) is 1. The van der Waals surface area contributed by atoms with Crippen LogP contribution in [0.1, 0.15) is 45.4 Å². The number of carbonyl (C=O) groups excluding carboxylic acids is 2. The number of imide groups is 1. The second-order valence-corrected chi connectivity index (χ2v) is 7.96. The van der Waals surface area contributed by atoms with E-state index in [1.807, 2.05) is 0 Å². The Morgan fingerprint density at radius 2 is 1.32 bits per heavy atom. The standard InChI is InChI=1S/C15H17NO5S/c1-8-9-2-3-10(8)12-5-4-11(9)15(12)22(19,20)21-16-13(17)6-7-14(16)18/h8,15H,2-7H2,1H3. The van der Waals surface area contributed by atoms with E-state index in [-0.39, 0.29) is 12.8 Å². The molecule has 3 fully saturated rings. The van der Waals surface area contributed by atoms with Crippen LogP contribution in [0.15, 0.2) is 22.3 Å². The summed E-state index contributed by atoms with van der Waals surface area (Å²) in [7, 11) is -4.05. The molecule has 2 amide bonds. The molecule has 1 heterocycles. The summed E-state index contributed by atoms with van der Waals surface area (Å²) in [4.78, 5) is 23.2. The number of hydroxylamine groups is 2. The molecule has 6 nitrogen and oxygen atoms in total. The number of carbonyl (C=O) groups is 2. The lowest BCUT2D eigenvalue weighted by molar-refractivity contribution is -0.163. The van der Waals surface area contributed by atoms with Gasteiger partial charge in [0, 0.05) is 12.8 Å². The SMILES string of the molecule is CC1C2=C3CCC(=C1CC2)C3S(=O)(=O)ON1C(=O)CCC1=O. The molecular formula is C15H17NO5S. The first-order chi connectivity index (χ1) is 10.4. The van der Waals surface area contributed by atoms with Crippen molar-refractivity contribution in [2.24, 2.45) is 5.92 Å². The molecule has 4 aliphatic rings. The molecule has 3 aliphatic carbocycles. The van der Waals surface area contributed by atoms with E-state index in [2.05, 4.69) is 6.92 Å². The second-order valence-electron chi connectivity index (χ2n) is 6.35. The molecule has 7 heteroatoms. The Hall–Kier alpha value is -1.47. The fourth-order valence-corrected chi connectivity index (χ4v) is 6.02. The third-order valence-electron chi connectivity index (χ3n) is 5.30. The van der Waals surface area contributed by atoms with Crippen LogP contribution in [-0.2, 0) is 24.0 Å². The normalized spacial score (nSPS) is 31.0. The molecule has 118 valence electrons. The fourth-order valence-electron chi connectivity index (χ4n) is 4.32. The predicted molar refractivity (Wildman–Crippen MR) is 76.6 cm³/mol. The predicted octanol–water partition coefficient (Wildman–Crippen LogP) is 1.60. The van der Waals surface area contributed by atoms with Crippen molar-refractivity contribution in [2.45, 2.75) is 50.7 Å². The largest absolute Gasteiger partial charge is 0.299 e. The molecule has 0 aromatic rings. The zero-order valence-corrected chi connectivity index (χ0v) is 13.1. The number of hydrogen-bond donors (Lipinski definition) is 0. The maximum absolute atomic E-state index is 12.7. The molecule has 4 rings (SSSR count). The van der Waals surface area contributed by atoms with Gasteiger partial charge in [-0.25, -0.2) is 0 Å². The van der Waals surface area contributed by atoms with Crippen LogP contribution in [0, 0.1) is 5.92 Å². The number of rotatable bonds is 3.